The Morgan fingerprint density at radius 2 is 1.87 bits per heavy atom. The number of fused-ring (bicyclic) bond motifs is 1. The van der Waals surface area contributed by atoms with Crippen molar-refractivity contribution in [2.75, 3.05) is 25.1 Å². The molecule has 0 saturated heterocycles. The summed E-state index contributed by atoms with van der Waals surface area (Å²) in [5.74, 6) is 1.43. The maximum absolute atomic E-state index is 13.6. The lowest BCUT2D eigenvalue weighted by Gasteiger charge is -2.31. The van der Waals surface area contributed by atoms with E-state index in [9.17, 15) is 18.0 Å². The predicted molar refractivity (Wildman–Crippen MR) is 143 cm³/mol. The standard InChI is InChI=1S/C28H35F3N6O2/c1-3-36(16-19-8-4-5-9-19)26-22(14-21-10-6-7-11-25(21)33-26)18-37(27(38)39-2)17-20-12-23(28(29,30)31)15-24(13-20)34-35-32/h12-15,19H,3-11,16-18H2,1-2H3. The summed E-state index contributed by atoms with van der Waals surface area (Å²) in [6, 6.07) is 5.23. The van der Waals surface area contributed by atoms with Crippen molar-refractivity contribution in [3.8, 4) is 0 Å². The number of rotatable bonds is 9. The van der Waals surface area contributed by atoms with E-state index in [0.717, 1.165) is 73.5 Å². The monoisotopic (exact) mass is 544 g/mol. The SMILES string of the molecule is CCN(CC1CCCC1)c1nc2c(cc1CN(Cc1cc(N=[N+]=[N-])cc(C(F)(F)F)c1)C(=O)OC)CCCC2. The van der Waals surface area contributed by atoms with Crippen LogP contribution < -0.4 is 4.90 Å². The number of ether oxygens (including phenoxy) is 1. The molecule has 0 radical (unpaired) electrons. The van der Waals surface area contributed by atoms with Gasteiger partial charge in [-0.15, -0.1) is 0 Å². The highest BCUT2D eigenvalue weighted by atomic mass is 19.4. The molecule has 1 heterocycles. The molecule has 0 unspecified atom stereocenters. The lowest BCUT2D eigenvalue weighted by atomic mass is 9.94. The first kappa shape index (κ1) is 28.5. The molecule has 11 heteroatoms. The minimum absolute atomic E-state index is 0.122. The first-order chi connectivity index (χ1) is 18.7. The second-order valence-electron chi connectivity index (χ2n) is 10.4. The molecular formula is C28H35F3N6O2. The molecule has 0 atom stereocenters. The van der Waals surface area contributed by atoms with Gasteiger partial charge in [0.25, 0.3) is 0 Å². The third kappa shape index (κ3) is 7.15. The molecule has 2 aliphatic carbocycles. The van der Waals surface area contributed by atoms with Crippen molar-refractivity contribution in [1.82, 2.24) is 9.88 Å². The molecule has 8 nitrogen and oxygen atoms in total. The van der Waals surface area contributed by atoms with Crippen molar-refractivity contribution >= 4 is 17.6 Å². The molecule has 0 aliphatic heterocycles. The Balaban J connectivity index is 1.70. The van der Waals surface area contributed by atoms with Gasteiger partial charge in [0, 0.05) is 41.5 Å². The number of methoxy groups -OCH3 is 1. The Labute approximate surface area is 226 Å². The minimum atomic E-state index is -4.64. The summed E-state index contributed by atoms with van der Waals surface area (Å²) in [6.07, 6.45) is 3.52. The van der Waals surface area contributed by atoms with Gasteiger partial charge in [-0.25, -0.2) is 9.78 Å². The Kier molecular flexibility index (Phi) is 9.22. The van der Waals surface area contributed by atoms with E-state index in [1.807, 2.05) is 0 Å². The molecule has 1 fully saturated rings. The number of hydrogen-bond donors (Lipinski definition) is 0. The zero-order valence-electron chi connectivity index (χ0n) is 22.5. The van der Waals surface area contributed by atoms with E-state index < -0.39 is 17.8 Å². The van der Waals surface area contributed by atoms with Crippen LogP contribution in [-0.4, -0.2) is 36.2 Å². The van der Waals surface area contributed by atoms with E-state index in [1.54, 1.807) is 0 Å². The minimum Gasteiger partial charge on any atom is -0.453 e. The van der Waals surface area contributed by atoms with Crippen LogP contribution in [0.3, 0.4) is 0 Å². The summed E-state index contributed by atoms with van der Waals surface area (Å²) >= 11 is 0. The van der Waals surface area contributed by atoms with Crippen LogP contribution in [0.1, 0.15) is 73.4 Å². The van der Waals surface area contributed by atoms with Gasteiger partial charge >= 0.3 is 12.3 Å². The lowest BCUT2D eigenvalue weighted by molar-refractivity contribution is -0.137. The number of halogens is 3. The predicted octanol–water partition coefficient (Wildman–Crippen LogP) is 7.71. The smallest absolute Gasteiger partial charge is 0.416 e. The number of aryl methyl sites for hydroxylation is 2. The average molecular weight is 545 g/mol. The fourth-order valence-electron chi connectivity index (χ4n) is 5.71. The number of nitrogens with zero attached hydrogens (tertiary/aromatic N) is 6. The van der Waals surface area contributed by atoms with Crippen LogP contribution in [0.4, 0.5) is 29.5 Å². The molecule has 4 rings (SSSR count). The molecule has 2 aliphatic rings. The second kappa shape index (κ2) is 12.6. The van der Waals surface area contributed by atoms with Gasteiger partial charge in [0.05, 0.1) is 19.2 Å². The summed E-state index contributed by atoms with van der Waals surface area (Å²) in [7, 11) is 1.25. The number of benzene rings is 1. The van der Waals surface area contributed by atoms with Crippen LogP contribution in [0.15, 0.2) is 29.4 Å². The third-order valence-corrected chi connectivity index (χ3v) is 7.62. The highest BCUT2D eigenvalue weighted by molar-refractivity contribution is 5.68. The molecule has 1 saturated carbocycles. The quantitative estimate of drug-likeness (QED) is 0.184. The molecule has 0 bridgehead atoms. The molecule has 210 valence electrons. The van der Waals surface area contributed by atoms with Crippen LogP contribution in [-0.2, 0) is 36.8 Å². The van der Waals surface area contributed by atoms with Gasteiger partial charge in [0.2, 0.25) is 0 Å². The molecule has 0 spiro atoms. The molecule has 2 aromatic rings. The molecular weight excluding hydrogens is 509 g/mol. The van der Waals surface area contributed by atoms with E-state index in [0.29, 0.717) is 5.92 Å². The van der Waals surface area contributed by atoms with Crippen molar-refractivity contribution in [2.24, 2.45) is 11.0 Å². The van der Waals surface area contributed by atoms with Gasteiger partial charge < -0.3 is 9.64 Å². The van der Waals surface area contributed by atoms with Crippen LogP contribution in [0.2, 0.25) is 0 Å². The zero-order chi connectivity index (χ0) is 28.0. The van der Waals surface area contributed by atoms with E-state index in [-0.39, 0.29) is 24.3 Å². The van der Waals surface area contributed by atoms with Crippen LogP contribution in [0, 0.1) is 5.92 Å². The largest absolute Gasteiger partial charge is 0.453 e. The van der Waals surface area contributed by atoms with Crippen molar-refractivity contribution in [3.05, 3.63) is 62.7 Å². The molecule has 39 heavy (non-hydrogen) atoms. The Hall–Kier alpha value is -3.46. The molecule has 1 aromatic carbocycles. The number of anilines is 1. The van der Waals surface area contributed by atoms with Gasteiger partial charge in [0.15, 0.2) is 0 Å². The van der Waals surface area contributed by atoms with Crippen molar-refractivity contribution in [3.63, 3.8) is 0 Å². The first-order valence-electron chi connectivity index (χ1n) is 13.6. The molecule has 1 aromatic heterocycles. The average Bonchev–Trinajstić information content (AvgIpc) is 3.43. The Morgan fingerprint density at radius 1 is 1.13 bits per heavy atom. The van der Waals surface area contributed by atoms with Crippen molar-refractivity contribution in [1.29, 1.82) is 0 Å². The number of hydrogen-bond acceptors (Lipinski definition) is 5. The first-order valence-corrected chi connectivity index (χ1v) is 13.6. The summed E-state index contributed by atoms with van der Waals surface area (Å²) in [6.45, 7) is 3.71. The van der Waals surface area contributed by atoms with Crippen molar-refractivity contribution in [2.45, 2.75) is 77.6 Å². The number of alkyl halides is 3. The van der Waals surface area contributed by atoms with Crippen LogP contribution in [0.25, 0.3) is 10.4 Å². The summed E-state index contributed by atoms with van der Waals surface area (Å²) in [5.41, 5.74) is 11.0. The number of aromatic nitrogens is 1. The van der Waals surface area contributed by atoms with E-state index in [1.165, 1.54) is 43.8 Å². The molecule has 0 N–H and O–H groups in total. The van der Waals surface area contributed by atoms with Crippen molar-refractivity contribution < 1.29 is 22.7 Å². The van der Waals surface area contributed by atoms with E-state index >= 15 is 0 Å². The zero-order valence-corrected chi connectivity index (χ0v) is 22.5. The van der Waals surface area contributed by atoms with Gasteiger partial charge in [-0.05, 0) is 92.3 Å². The summed E-state index contributed by atoms with van der Waals surface area (Å²) in [4.78, 5) is 24.3. The van der Waals surface area contributed by atoms with Gasteiger partial charge in [-0.3, -0.25) is 4.90 Å². The normalized spacial score (nSPS) is 15.4. The van der Waals surface area contributed by atoms with Gasteiger partial charge in [0.1, 0.15) is 5.82 Å². The fraction of sp³-hybridized carbons (Fsp3) is 0.571. The fourth-order valence-corrected chi connectivity index (χ4v) is 5.71. The second-order valence-corrected chi connectivity index (χ2v) is 10.4. The maximum atomic E-state index is 13.6. The van der Waals surface area contributed by atoms with Crippen LogP contribution >= 0.6 is 0 Å². The lowest BCUT2D eigenvalue weighted by Crippen LogP contribution is -2.34. The van der Waals surface area contributed by atoms with E-state index in [4.69, 9.17) is 15.3 Å². The number of pyridine rings is 1. The van der Waals surface area contributed by atoms with E-state index in [2.05, 4.69) is 27.9 Å². The number of carbonyl (C=O) groups is 1. The summed E-state index contributed by atoms with van der Waals surface area (Å²) < 4.78 is 45.7. The number of carbonyl (C=O) groups excluding carboxylic acids is 1. The number of amides is 1. The number of azide groups is 1. The third-order valence-electron chi connectivity index (χ3n) is 7.62. The summed E-state index contributed by atoms with van der Waals surface area (Å²) in [5, 5.41) is 3.37. The maximum Gasteiger partial charge on any atom is 0.416 e. The highest BCUT2D eigenvalue weighted by Crippen LogP contribution is 2.35. The Bertz CT molecular complexity index is 1220. The highest BCUT2D eigenvalue weighted by Gasteiger charge is 2.32. The van der Waals surface area contributed by atoms with Gasteiger partial charge in [-0.2, -0.15) is 13.2 Å². The van der Waals surface area contributed by atoms with Crippen LogP contribution in [0.5, 0.6) is 0 Å². The topological polar surface area (TPSA) is 94.4 Å². The Morgan fingerprint density at radius 3 is 2.54 bits per heavy atom. The van der Waals surface area contributed by atoms with Gasteiger partial charge in [-0.1, -0.05) is 18.0 Å². The molecule has 1 amide bonds.